The zero-order valence-electron chi connectivity index (χ0n) is 10.8. The predicted molar refractivity (Wildman–Crippen MR) is 83.1 cm³/mol. The summed E-state index contributed by atoms with van der Waals surface area (Å²) >= 11 is 6.36. The molecule has 3 nitrogen and oxygen atoms in total. The number of nitrogens with one attached hydrogen (secondary N) is 1. The maximum Gasteiger partial charge on any atom is 0.223 e. The molecule has 0 fully saturated rings. The van der Waals surface area contributed by atoms with Crippen LogP contribution in [0.2, 0.25) is 0 Å². The highest BCUT2D eigenvalue weighted by atomic mass is 35.5. The van der Waals surface area contributed by atoms with Gasteiger partial charge in [0, 0.05) is 18.1 Å². The van der Waals surface area contributed by atoms with Crippen molar-refractivity contribution >= 4 is 28.5 Å². The molecule has 1 atom stereocenters. The molecule has 1 unspecified atom stereocenters. The highest BCUT2D eigenvalue weighted by Crippen LogP contribution is 2.20. The van der Waals surface area contributed by atoms with Crippen molar-refractivity contribution in [3.63, 3.8) is 0 Å². The van der Waals surface area contributed by atoms with Gasteiger partial charge in [-0.2, -0.15) is 0 Å². The molecule has 2 aromatic carbocycles. The van der Waals surface area contributed by atoms with Gasteiger partial charge < -0.3 is 5.32 Å². The SMILES string of the molecule is ClC(CNc1ncc2ccccc2n1)c1ccccc1. The summed E-state index contributed by atoms with van der Waals surface area (Å²) in [7, 11) is 0. The first-order valence-electron chi connectivity index (χ1n) is 6.47. The molecule has 0 aliphatic carbocycles. The van der Waals surface area contributed by atoms with E-state index >= 15 is 0 Å². The smallest absolute Gasteiger partial charge is 0.223 e. The number of alkyl halides is 1. The zero-order valence-corrected chi connectivity index (χ0v) is 11.6. The second kappa shape index (κ2) is 5.88. The minimum absolute atomic E-state index is 0.105. The lowest BCUT2D eigenvalue weighted by molar-refractivity contribution is 0.955. The standard InChI is InChI=1S/C16H14ClN3/c17-14(12-6-2-1-3-7-12)11-19-16-18-10-13-8-4-5-9-15(13)20-16/h1-10,14H,11H2,(H,18,19,20). The Hall–Kier alpha value is -2.13. The van der Waals surface area contributed by atoms with Crippen LogP contribution in [-0.2, 0) is 0 Å². The van der Waals surface area contributed by atoms with E-state index < -0.39 is 0 Å². The molecule has 100 valence electrons. The Labute approximate surface area is 122 Å². The van der Waals surface area contributed by atoms with Crippen LogP contribution in [0.1, 0.15) is 10.9 Å². The number of hydrogen-bond donors (Lipinski definition) is 1. The van der Waals surface area contributed by atoms with E-state index in [9.17, 15) is 0 Å². The van der Waals surface area contributed by atoms with Gasteiger partial charge in [0.25, 0.3) is 0 Å². The van der Waals surface area contributed by atoms with Crippen molar-refractivity contribution in [1.29, 1.82) is 0 Å². The van der Waals surface area contributed by atoms with Crippen LogP contribution in [-0.4, -0.2) is 16.5 Å². The summed E-state index contributed by atoms with van der Waals surface area (Å²) in [6.07, 6.45) is 1.82. The van der Waals surface area contributed by atoms with Crippen molar-refractivity contribution in [2.24, 2.45) is 0 Å². The van der Waals surface area contributed by atoms with Crippen LogP contribution >= 0.6 is 11.6 Å². The fourth-order valence-corrected chi connectivity index (χ4v) is 2.24. The Morgan fingerprint density at radius 3 is 2.60 bits per heavy atom. The molecule has 3 aromatic rings. The Kier molecular flexibility index (Phi) is 3.79. The second-order valence-electron chi connectivity index (χ2n) is 4.51. The van der Waals surface area contributed by atoms with Crippen LogP contribution in [0.4, 0.5) is 5.95 Å². The van der Waals surface area contributed by atoms with Gasteiger partial charge in [-0.05, 0) is 11.6 Å². The number of fused-ring (bicyclic) bond motifs is 1. The number of aromatic nitrogens is 2. The molecule has 4 heteroatoms. The van der Waals surface area contributed by atoms with Crippen molar-refractivity contribution in [3.8, 4) is 0 Å². The van der Waals surface area contributed by atoms with Gasteiger partial charge in [0.1, 0.15) is 0 Å². The molecule has 0 amide bonds. The number of para-hydroxylation sites is 1. The van der Waals surface area contributed by atoms with Crippen molar-refractivity contribution in [2.75, 3.05) is 11.9 Å². The molecule has 0 bridgehead atoms. The van der Waals surface area contributed by atoms with E-state index in [2.05, 4.69) is 15.3 Å². The molecule has 1 aromatic heterocycles. The van der Waals surface area contributed by atoms with Crippen LogP contribution in [0, 0.1) is 0 Å². The van der Waals surface area contributed by atoms with Gasteiger partial charge in [0.05, 0.1) is 10.9 Å². The molecular formula is C16H14ClN3. The van der Waals surface area contributed by atoms with E-state index in [0.717, 1.165) is 16.5 Å². The molecular weight excluding hydrogens is 270 g/mol. The highest BCUT2D eigenvalue weighted by molar-refractivity contribution is 6.21. The molecule has 0 spiro atoms. The van der Waals surface area contributed by atoms with Gasteiger partial charge >= 0.3 is 0 Å². The summed E-state index contributed by atoms with van der Waals surface area (Å²) in [5.74, 6) is 0.602. The molecule has 0 saturated carbocycles. The third-order valence-electron chi connectivity index (χ3n) is 3.09. The van der Waals surface area contributed by atoms with Crippen molar-refractivity contribution in [2.45, 2.75) is 5.38 Å². The van der Waals surface area contributed by atoms with Crippen molar-refractivity contribution in [1.82, 2.24) is 9.97 Å². The normalized spacial score (nSPS) is 12.2. The Bertz CT molecular complexity index is 700. The van der Waals surface area contributed by atoms with E-state index in [4.69, 9.17) is 11.6 Å². The topological polar surface area (TPSA) is 37.8 Å². The second-order valence-corrected chi connectivity index (χ2v) is 5.04. The molecule has 1 N–H and O–H groups in total. The van der Waals surface area contributed by atoms with E-state index in [1.165, 1.54) is 0 Å². The van der Waals surface area contributed by atoms with E-state index in [1.54, 1.807) is 0 Å². The Morgan fingerprint density at radius 1 is 1.00 bits per heavy atom. The van der Waals surface area contributed by atoms with Gasteiger partial charge in [-0.1, -0.05) is 48.5 Å². The van der Waals surface area contributed by atoms with Crippen LogP contribution in [0.3, 0.4) is 0 Å². The highest BCUT2D eigenvalue weighted by Gasteiger charge is 2.07. The summed E-state index contributed by atoms with van der Waals surface area (Å²) in [5.41, 5.74) is 2.01. The fraction of sp³-hybridized carbons (Fsp3) is 0.125. The lowest BCUT2D eigenvalue weighted by Gasteiger charge is -2.11. The Balaban J connectivity index is 1.70. The van der Waals surface area contributed by atoms with E-state index in [1.807, 2.05) is 60.8 Å². The lowest BCUT2D eigenvalue weighted by Crippen LogP contribution is -2.10. The fourth-order valence-electron chi connectivity index (χ4n) is 2.02. The van der Waals surface area contributed by atoms with Crippen molar-refractivity contribution in [3.05, 3.63) is 66.4 Å². The van der Waals surface area contributed by atoms with Gasteiger partial charge in [-0.25, -0.2) is 9.97 Å². The quantitative estimate of drug-likeness (QED) is 0.735. The molecule has 20 heavy (non-hydrogen) atoms. The number of rotatable bonds is 4. The lowest BCUT2D eigenvalue weighted by atomic mass is 10.1. The average Bonchev–Trinajstić information content (AvgIpc) is 2.53. The van der Waals surface area contributed by atoms with E-state index in [-0.39, 0.29) is 5.38 Å². The third kappa shape index (κ3) is 2.89. The summed E-state index contributed by atoms with van der Waals surface area (Å²) in [6, 6.07) is 17.9. The molecule has 0 saturated heterocycles. The number of benzene rings is 2. The number of nitrogens with zero attached hydrogens (tertiary/aromatic N) is 2. The first-order chi connectivity index (χ1) is 9.83. The first kappa shape index (κ1) is 12.9. The van der Waals surface area contributed by atoms with E-state index in [0.29, 0.717) is 12.5 Å². The summed E-state index contributed by atoms with van der Waals surface area (Å²) in [5, 5.41) is 4.11. The largest absolute Gasteiger partial charge is 0.352 e. The van der Waals surface area contributed by atoms with Gasteiger partial charge in [0.15, 0.2) is 0 Å². The van der Waals surface area contributed by atoms with Gasteiger partial charge in [-0.3, -0.25) is 0 Å². The predicted octanol–water partition coefficient (Wildman–Crippen LogP) is 4.02. The zero-order chi connectivity index (χ0) is 13.8. The van der Waals surface area contributed by atoms with Crippen LogP contribution in [0.15, 0.2) is 60.8 Å². The van der Waals surface area contributed by atoms with Crippen LogP contribution in [0.5, 0.6) is 0 Å². The average molecular weight is 284 g/mol. The van der Waals surface area contributed by atoms with Crippen LogP contribution in [0.25, 0.3) is 10.9 Å². The maximum absolute atomic E-state index is 6.36. The minimum Gasteiger partial charge on any atom is -0.352 e. The molecule has 0 aliphatic rings. The molecule has 1 heterocycles. The first-order valence-corrected chi connectivity index (χ1v) is 6.91. The Morgan fingerprint density at radius 2 is 1.75 bits per heavy atom. The minimum atomic E-state index is -0.105. The molecule has 0 aliphatic heterocycles. The van der Waals surface area contributed by atoms with Crippen LogP contribution < -0.4 is 5.32 Å². The van der Waals surface area contributed by atoms with Gasteiger partial charge in [0.2, 0.25) is 5.95 Å². The number of hydrogen-bond acceptors (Lipinski definition) is 3. The van der Waals surface area contributed by atoms with Gasteiger partial charge in [-0.15, -0.1) is 11.6 Å². The summed E-state index contributed by atoms with van der Waals surface area (Å²) in [4.78, 5) is 8.75. The number of anilines is 1. The third-order valence-corrected chi connectivity index (χ3v) is 3.50. The molecule has 0 radical (unpaired) electrons. The monoisotopic (exact) mass is 283 g/mol. The van der Waals surface area contributed by atoms with Crippen molar-refractivity contribution < 1.29 is 0 Å². The maximum atomic E-state index is 6.36. The molecule has 3 rings (SSSR count). The summed E-state index contributed by atoms with van der Waals surface area (Å²) in [6.45, 7) is 0.587. The summed E-state index contributed by atoms with van der Waals surface area (Å²) < 4.78 is 0. The number of halogens is 1.